The topological polar surface area (TPSA) is 72.6 Å². The van der Waals surface area contributed by atoms with Crippen LogP contribution in [0.4, 0.5) is 0 Å². The maximum atomic E-state index is 10.5. The molecule has 13 heavy (non-hydrogen) atoms. The highest BCUT2D eigenvalue weighted by atomic mass is 16.4. The van der Waals surface area contributed by atoms with Crippen molar-refractivity contribution >= 4 is 12.3 Å². The van der Waals surface area contributed by atoms with Gasteiger partial charge in [0.25, 0.3) is 0 Å². The van der Waals surface area contributed by atoms with Crippen LogP contribution in [-0.2, 0) is 4.79 Å². The number of carboxylic acids is 1. The Morgan fingerprint density at radius 3 is 2.85 bits per heavy atom. The predicted molar refractivity (Wildman–Crippen MR) is 46.7 cm³/mol. The normalized spacial score (nSPS) is 20.3. The van der Waals surface area contributed by atoms with Gasteiger partial charge in [0.05, 0.1) is 0 Å². The van der Waals surface area contributed by atoms with Gasteiger partial charge in [0.1, 0.15) is 19.5 Å². The lowest BCUT2D eigenvalue weighted by atomic mass is 10.1. The molecule has 1 unspecified atom stereocenters. The number of aliphatic carboxylic acids is 1. The van der Waals surface area contributed by atoms with E-state index in [0.29, 0.717) is 13.0 Å². The fourth-order valence-electron chi connectivity index (χ4n) is 1.42. The Balaban J connectivity index is 2.73. The standard InChI is InChI=1S/C8H14N2O3/c1-2-8(13,5-7(11)12)10-4-3-9-6-10/h6,13H,2-5H2,1H3,(H,11,12)/p+1. The monoisotopic (exact) mass is 187 g/mol. The fourth-order valence-corrected chi connectivity index (χ4v) is 1.42. The molecule has 0 aliphatic carbocycles. The Morgan fingerprint density at radius 1 is 1.77 bits per heavy atom. The summed E-state index contributed by atoms with van der Waals surface area (Å²) in [6, 6.07) is 0. The van der Waals surface area contributed by atoms with Gasteiger partial charge in [-0.05, 0) is 0 Å². The van der Waals surface area contributed by atoms with Crippen LogP contribution in [0.3, 0.4) is 0 Å². The van der Waals surface area contributed by atoms with Crippen LogP contribution in [0.2, 0.25) is 0 Å². The molecule has 3 N–H and O–H groups in total. The lowest BCUT2D eigenvalue weighted by Crippen LogP contribution is -2.43. The van der Waals surface area contributed by atoms with E-state index in [1.165, 1.54) is 0 Å². The Labute approximate surface area is 76.7 Å². The van der Waals surface area contributed by atoms with Crippen molar-refractivity contribution in [2.24, 2.45) is 0 Å². The number of aliphatic hydroxyl groups is 1. The molecule has 1 heterocycles. The van der Waals surface area contributed by atoms with Crippen LogP contribution >= 0.6 is 0 Å². The van der Waals surface area contributed by atoms with Gasteiger partial charge in [-0.3, -0.25) is 10.1 Å². The predicted octanol–water partition coefficient (Wildman–Crippen LogP) is -0.796. The second kappa shape index (κ2) is 3.74. The third-order valence-electron chi connectivity index (χ3n) is 2.28. The summed E-state index contributed by atoms with van der Waals surface area (Å²) in [6.45, 7) is 3.18. The largest absolute Gasteiger partial charge is 0.481 e. The second-order valence-corrected chi connectivity index (χ2v) is 3.18. The number of nitrogens with one attached hydrogen (secondary N) is 1. The number of rotatable bonds is 4. The third kappa shape index (κ3) is 2.18. The van der Waals surface area contributed by atoms with E-state index in [0.717, 1.165) is 6.54 Å². The maximum Gasteiger partial charge on any atom is 0.310 e. The minimum absolute atomic E-state index is 0.248. The molecule has 74 valence electrons. The van der Waals surface area contributed by atoms with Crippen molar-refractivity contribution < 1.29 is 19.6 Å². The van der Waals surface area contributed by atoms with Gasteiger partial charge in [-0.1, -0.05) is 6.92 Å². The van der Waals surface area contributed by atoms with Crippen molar-refractivity contribution in [2.45, 2.75) is 25.5 Å². The molecular weight excluding hydrogens is 172 g/mol. The molecular formula is C8H15N2O3+. The molecule has 0 aromatic carbocycles. The molecule has 1 rings (SSSR count). The molecule has 0 saturated carbocycles. The zero-order valence-electron chi connectivity index (χ0n) is 7.66. The van der Waals surface area contributed by atoms with Crippen molar-refractivity contribution in [1.82, 2.24) is 5.32 Å². The summed E-state index contributed by atoms with van der Waals surface area (Å²) >= 11 is 0. The second-order valence-electron chi connectivity index (χ2n) is 3.18. The van der Waals surface area contributed by atoms with Crippen LogP contribution < -0.4 is 5.32 Å². The van der Waals surface area contributed by atoms with Crippen LogP contribution in [0.25, 0.3) is 0 Å². The van der Waals surface area contributed by atoms with E-state index in [2.05, 4.69) is 5.32 Å². The SMILES string of the molecule is CCC(O)(CC(=O)O)[N+]1=CNCC1. The van der Waals surface area contributed by atoms with Gasteiger partial charge in [-0.2, -0.15) is 0 Å². The van der Waals surface area contributed by atoms with Gasteiger partial charge in [0, 0.05) is 6.42 Å². The van der Waals surface area contributed by atoms with Gasteiger partial charge < -0.3 is 10.2 Å². The highest BCUT2D eigenvalue weighted by molar-refractivity contribution is 5.67. The van der Waals surface area contributed by atoms with E-state index in [1.807, 2.05) is 0 Å². The summed E-state index contributed by atoms with van der Waals surface area (Å²) in [4.78, 5) is 10.5. The number of carbonyl (C=O) groups is 1. The number of hydrogen-bond donors (Lipinski definition) is 3. The zero-order valence-corrected chi connectivity index (χ0v) is 7.66. The first kappa shape index (κ1) is 9.98. The first-order valence-electron chi connectivity index (χ1n) is 4.36. The lowest BCUT2D eigenvalue weighted by molar-refractivity contribution is -0.648. The minimum atomic E-state index is -1.24. The van der Waals surface area contributed by atoms with E-state index in [1.54, 1.807) is 17.8 Å². The number of nitrogens with zero attached hydrogens (tertiary/aromatic N) is 1. The van der Waals surface area contributed by atoms with E-state index in [4.69, 9.17) is 5.11 Å². The summed E-state index contributed by atoms with van der Waals surface area (Å²) in [5, 5.41) is 21.5. The lowest BCUT2D eigenvalue weighted by Gasteiger charge is -2.23. The summed E-state index contributed by atoms with van der Waals surface area (Å²) in [6.07, 6.45) is 1.80. The van der Waals surface area contributed by atoms with Gasteiger partial charge in [0.2, 0.25) is 12.1 Å². The third-order valence-corrected chi connectivity index (χ3v) is 2.28. The minimum Gasteiger partial charge on any atom is -0.481 e. The maximum absolute atomic E-state index is 10.5. The zero-order chi connectivity index (χ0) is 9.90. The van der Waals surface area contributed by atoms with Crippen LogP contribution in [0.5, 0.6) is 0 Å². The highest BCUT2D eigenvalue weighted by Gasteiger charge is 2.37. The highest BCUT2D eigenvalue weighted by Crippen LogP contribution is 2.16. The molecule has 1 aliphatic heterocycles. The molecule has 0 aromatic rings. The van der Waals surface area contributed by atoms with Crippen molar-refractivity contribution in [3.05, 3.63) is 0 Å². The van der Waals surface area contributed by atoms with E-state index < -0.39 is 11.7 Å². The molecule has 1 aliphatic rings. The summed E-state index contributed by atoms with van der Waals surface area (Å²) in [5.74, 6) is -0.982. The molecule has 5 nitrogen and oxygen atoms in total. The van der Waals surface area contributed by atoms with Gasteiger partial charge in [0.15, 0.2) is 0 Å². The Kier molecular flexibility index (Phi) is 2.87. The Morgan fingerprint density at radius 2 is 2.46 bits per heavy atom. The molecule has 5 heteroatoms. The summed E-state index contributed by atoms with van der Waals surface area (Å²) < 4.78 is 1.64. The molecule has 0 saturated heterocycles. The average molecular weight is 187 g/mol. The van der Waals surface area contributed by atoms with Gasteiger partial charge >= 0.3 is 5.97 Å². The van der Waals surface area contributed by atoms with Crippen molar-refractivity contribution in [3.8, 4) is 0 Å². The molecule has 0 spiro atoms. The number of hydrogen-bond acceptors (Lipinski definition) is 3. The molecule has 0 fully saturated rings. The molecule has 1 atom stereocenters. The first-order chi connectivity index (χ1) is 6.08. The summed E-state index contributed by atoms with van der Waals surface area (Å²) in [5.41, 5.74) is -1.24. The molecule has 0 bridgehead atoms. The van der Waals surface area contributed by atoms with Crippen LogP contribution in [-0.4, -0.2) is 45.9 Å². The van der Waals surface area contributed by atoms with Crippen LogP contribution in [0.15, 0.2) is 0 Å². The summed E-state index contributed by atoms with van der Waals surface area (Å²) in [7, 11) is 0. The molecule has 0 radical (unpaired) electrons. The van der Waals surface area contributed by atoms with Crippen molar-refractivity contribution in [3.63, 3.8) is 0 Å². The fraction of sp³-hybridized carbons (Fsp3) is 0.750. The molecule has 0 aromatic heterocycles. The molecule has 0 amide bonds. The van der Waals surface area contributed by atoms with E-state index in [9.17, 15) is 9.90 Å². The van der Waals surface area contributed by atoms with Crippen molar-refractivity contribution in [2.75, 3.05) is 13.1 Å². The van der Waals surface area contributed by atoms with Crippen LogP contribution in [0.1, 0.15) is 19.8 Å². The average Bonchev–Trinajstić information content (AvgIpc) is 2.55. The smallest absolute Gasteiger partial charge is 0.310 e. The van der Waals surface area contributed by atoms with E-state index in [-0.39, 0.29) is 6.42 Å². The quantitative estimate of drug-likeness (QED) is 0.504. The van der Waals surface area contributed by atoms with E-state index >= 15 is 0 Å². The number of carboxylic acid groups (broad SMARTS) is 1. The first-order valence-corrected chi connectivity index (χ1v) is 4.36. The Bertz CT molecular complexity index is 240. The van der Waals surface area contributed by atoms with Crippen molar-refractivity contribution in [1.29, 1.82) is 0 Å². The Hall–Kier alpha value is -1.10. The van der Waals surface area contributed by atoms with Gasteiger partial charge in [-0.25, -0.2) is 4.58 Å². The van der Waals surface area contributed by atoms with Gasteiger partial charge in [-0.15, -0.1) is 0 Å². The van der Waals surface area contributed by atoms with Crippen LogP contribution in [0, 0.1) is 0 Å².